The number of hydrogen-bond donors (Lipinski definition) is 1. The zero-order valence-corrected chi connectivity index (χ0v) is 15.4. The number of carboxylic acids is 1. The van der Waals surface area contributed by atoms with Gasteiger partial charge >= 0.3 is 11.9 Å². The van der Waals surface area contributed by atoms with Crippen molar-refractivity contribution in [1.29, 1.82) is 0 Å². The van der Waals surface area contributed by atoms with E-state index in [-0.39, 0.29) is 17.8 Å². The fraction of sp³-hybridized carbons (Fsp3) is 0.889. The quantitative estimate of drug-likeness (QED) is 0.459. The van der Waals surface area contributed by atoms with Gasteiger partial charge in [0, 0.05) is 0 Å². The Morgan fingerprint density at radius 2 is 1.59 bits per heavy atom. The van der Waals surface area contributed by atoms with Crippen LogP contribution in [0.4, 0.5) is 0 Å². The van der Waals surface area contributed by atoms with E-state index in [1.165, 1.54) is 0 Å². The van der Waals surface area contributed by atoms with Crippen LogP contribution >= 0.6 is 0 Å². The molecule has 0 rings (SSSR count). The highest BCUT2D eigenvalue weighted by Gasteiger charge is 2.16. The Hall–Kier alpha value is -1.06. The maximum atomic E-state index is 11.0. The summed E-state index contributed by atoms with van der Waals surface area (Å²) in [4.78, 5) is 21.6. The van der Waals surface area contributed by atoms with Crippen molar-refractivity contribution in [2.75, 3.05) is 6.61 Å². The maximum Gasteiger partial charge on any atom is 0.308 e. The molecule has 132 valence electrons. The normalized spacial score (nSPS) is 14.3. The predicted molar refractivity (Wildman–Crippen MR) is 90.8 cm³/mol. The average molecular weight is 316 g/mol. The van der Waals surface area contributed by atoms with Gasteiger partial charge in [0.05, 0.1) is 18.4 Å². The molecule has 0 amide bonds. The van der Waals surface area contributed by atoms with Crippen LogP contribution in [0, 0.1) is 17.8 Å². The summed E-state index contributed by atoms with van der Waals surface area (Å²) in [5.74, 6) is -0.235. The predicted octanol–water partition coefficient (Wildman–Crippen LogP) is 4.91. The van der Waals surface area contributed by atoms with Crippen molar-refractivity contribution in [2.45, 2.75) is 80.1 Å². The second-order valence-corrected chi connectivity index (χ2v) is 6.02. The van der Waals surface area contributed by atoms with Crippen LogP contribution in [0.5, 0.6) is 0 Å². The van der Waals surface area contributed by atoms with E-state index in [9.17, 15) is 9.59 Å². The number of esters is 1. The summed E-state index contributed by atoms with van der Waals surface area (Å²) in [6.07, 6.45) is 5.56. The first-order valence-electron chi connectivity index (χ1n) is 8.73. The molecule has 0 bridgehead atoms. The zero-order valence-electron chi connectivity index (χ0n) is 15.4. The molecular weight excluding hydrogens is 280 g/mol. The summed E-state index contributed by atoms with van der Waals surface area (Å²) in [5.41, 5.74) is 0. The van der Waals surface area contributed by atoms with Gasteiger partial charge in [-0.3, -0.25) is 9.59 Å². The second-order valence-electron chi connectivity index (χ2n) is 6.02. The molecule has 0 spiro atoms. The van der Waals surface area contributed by atoms with Crippen molar-refractivity contribution in [3.8, 4) is 0 Å². The monoisotopic (exact) mass is 316 g/mol. The minimum absolute atomic E-state index is 0.0547. The molecular formula is C18H36O4. The molecule has 0 saturated heterocycles. The lowest BCUT2D eigenvalue weighted by atomic mass is 9.92. The zero-order chi connectivity index (χ0) is 17.5. The number of unbranched alkanes of at least 4 members (excludes halogenated alkanes) is 1. The van der Waals surface area contributed by atoms with Gasteiger partial charge in [-0.25, -0.2) is 0 Å². The van der Waals surface area contributed by atoms with Crippen LogP contribution in [0.3, 0.4) is 0 Å². The van der Waals surface area contributed by atoms with Crippen molar-refractivity contribution < 1.29 is 19.4 Å². The molecule has 0 aliphatic carbocycles. The highest BCUT2D eigenvalue weighted by atomic mass is 16.5. The van der Waals surface area contributed by atoms with Crippen molar-refractivity contribution >= 4 is 11.9 Å². The van der Waals surface area contributed by atoms with Crippen LogP contribution in [0.1, 0.15) is 80.1 Å². The second kappa shape index (κ2) is 14.9. The number of aliphatic carboxylic acids is 1. The molecule has 4 nitrogen and oxygen atoms in total. The number of hydrogen-bond acceptors (Lipinski definition) is 3. The maximum absolute atomic E-state index is 11.0. The van der Waals surface area contributed by atoms with E-state index in [4.69, 9.17) is 9.84 Å². The molecule has 0 saturated carbocycles. The van der Waals surface area contributed by atoms with Gasteiger partial charge in [0.25, 0.3) is 0 Å². The summed E-state index contributed by atoms with van der Waals surface area (Å²) in [6.45, 7) is 12.7. The fourth-order valence-corrected chi connectivity index (χ4v) is 1.72. The highest BCUT2D eigenvalue weighted by molar-refractivity contribution is 5.71. The van der Waals surface area contributed by atoms with Crippen molar-refractivity contribution in [2.24, 2.45) is 17.8 Å². The molecule has 0 aromatic heterocycles. The van der Waals surface area contributed by atoms with Crippen LogP contribution in [-0.4, -0.2) is 23.7 Å². The van der Waals surface area contributed by atoms with Crippen molar-refractivity contribution in [1.82, 2.24) is 0 Å². The minimum atomic E-state index is -0.646. The van der Waals surface area contributed by atoms with Gasteiger partial charge in [-0.15, -0.1) is 0 Å². The molecule has 0 aliphatic heterocycles. The Balaban J connectivity index is 0. The van der Waals surface area contributed by atoms with Crippen LogP contribution < -0.4 is 0 Å². The van der Waals surface area contributed by atoms with Gasteiger partial charge in [-0.1, -0.05) is 54.4 Å². The van der Waals surface area contributed by atoms with E-state index in [0.717, 1.165) is 38.5 Å². The Morgan fingerprint density at radius 3 is 1.95 bits per heavy atom. The van der Waals surface area contributed by atoms with Gasteiger partial charge in [0.15, 0.2) is 0 Å². The lowest BCUT2D eigenvalue weighted by molar-refractivity contribution is -0.148. The SMILES string of the molecule is CCC(C)CC(CC)C(=O)O.CCCCOC(=O)C(C)CC. The molecule has 0 aromatic rings. The van der Waals surface area contributed by atoms with Crippen LogP contribution in [0.2, 0.25) is 0 Å². The third kappa shape index (κ3) is 12.7. The molecule has 4 heteroatoms. The Morgan fingerprint density at radius 1 is 1.00 bits per heavy atom. The molecule has 0 radical (unpaired) electrons. The van der Waals surface area contributed by atoms with Crippen LogP contribution in [0.15, 0.2) is 0 Å². The first kappa shape index (κ1) is 23.2. The van der Waals surface area contributed by atoms with E-state index >= 15 is 0 Å². The van der Waals surface area contributed by atoms with Crippen molar-refractivity contribution in [3.05, 3.63) is 0 Å². The first-order chi connectivity index (χ1) is 10.3. The van der Waals surface area contributed by atoms with E-state index < -0.39 is 5.97 Å². The molecule has 0 heterocycles. The number of rotatable bonds is 10. The third-order valence-electron chi connectivity index (χ3n) is 3.98. The van der Waals surface area contributed by atoms with Crippen LogP contribution in [0.25, 0.3) is 0 Å². The molecule has 22 heavy (non-hydrogen) atoms. The molecule has 3 unspecified atom stereocenters. The van der Waals surface area contributed by atoms with E-state index in [0.29, 0.717) is 12.5 Å². The lowest BCUT2D eigenvalue weighted by Crippen LogP contribution is -2.15. The summed E-state index contributed by atoms with van der Waals surface area (Å²) >= 11 is 0. The Labute approximate surface area is 136 Å². The number of carbonyl (C=O) groups is 2. The average Bonchev–Trinajstić information content (AvgIpc) is 2.51. The largest absolute Gasteiger partial charge is 0.481 e. The minimum Gasteiger partial charge on any atom is -0.481 e. The molecule has 1 N–H and O–H groups in total. The standard InChI is InChI=1S/2C9H18O2/c1-4-7(3)6-8(5-2)9(10)11;1-4-6-7-11-9(10)8(3)5-2/h7-8H,4-6H2,1-3H3,(H,10,11);8H,4-7H2,1-3H3. The fourth-order valence-electron chi connectivity index (χ4n) is 1.72. The smallest absolute Gasteiger partial charge is 0.308 e. The van der Waals surface area contributed by atoms with E-state index in [1.807, 2.05) is 20.8 Å². The number of carboxylic acid groups (broad SMARTS) is 1. The Kier molecular flexibility index (Phi) is 15.7. The lowest BCUT2D eigenvalue weighted by Gasteiger charge is -2.13. The topological polar surface area (TPSA) is 63.6 Å². The van der Waals surface area contributed by atoms with Crippen molar-refractivity contribution in [3.63, 3.8) is 0 Å². The third-order valence-corrected chi connectivity index (χ3v) is 3.98. The molecule has 0 aromatic carbocycles. The van der Waals surface area contributed by atoms with E-state index in [1.54, 1.807) is 0 Å². The van der Waals surface area contributed by atoms with Gasteiger partial charge in [0.2, 0.25) is 0 Å². The molecule has 0 aliphatic rings. The summed E-state index contributed by atoms with van der Waals surface area (Å²) in [6, 6.07) is 0. The summed E-state index contributed by atoms with van der Waals surface area (Å²) in [7, 11) is 0. The molecule has 3 atom stereocenters. The van der Waals surface area contributed by atoms with Gasteiger partial charge in [0.1, 0.15) is 0 Å². The molecule has 0 fully saturated rings. The van der Waals surface area contributed by atoms with Gasteiger partial charge in [-0.05, 0) is 31.6 Å². The number of carbonyl (C=O) groups excluding carboxylic acids is 1. The summed E-state index contributed by atoms with van der Waals surface area (Å²) < 4.78 is 5.00. The van der Waals surface area contributed by atoms with Gasteiger partial charge in [-0.2, -0.15) is 0 Å². The Bertz CT molecular complexity index is 289. The van der Waals surface area contributed by atoms with Crippen LogP contribution in [-0.2, 0) is 14.3 Å². The first-order valence-corrected chi connectivity index (χ1v) is 8.73. The summed E-state index contributed by atoms with van der Waals surface area (Å²) in [5, 5.41) is 8.72. The highest BCUT2D eigenvalue weighted by Crippen LogP contribution is 2.17. The van der Waals surface area contributed by atoms with E-state index in [2.05, 4.69) is 20.8 Å². The number of ether oxygens (including phenoxy) is 1. The van der Waals surface area contributed by atoms with Gasteiger partial charge < -0.3 is 9.84 Å².